The van der Waals surface area contributed by atoms with E-state index in [1.807, 2.05) is 32.0 Å². The summed E-state index contributed by atoms with van der Waals surface area (Å²) in [4.78, 5) is 5.09. The summed E-state index contributed by atoms with van der Waals surface area (Å²) in [6.45, 7) is 9.57. The summed E-state index contributed by atoms with van der Waals surface area (Å²) in [5.41, 5.74) is 6.56. The van der Waals surface area contributed by atoms with Gasteiger partial charge in [0.2, 0.25) is 5.69 Å². The average molecular weight is 902 g/mol. The summed E-state index contributed by atoms with van der Waals surface area (Å²) in [7, 11) is -2.31. The summed E-state index contributed by atoms with van der Waals surface area (Å²) >= 11 is 10.3. The minimum absolute atomic E-state index is 0.0880. The van der Waals surface area contributed by atoms with Crippen LogP contribution in [0.1, 0.15) is 64.5 Å². The second-order valence-electron chi connectivity index (χ2n) is 15.2. The summed E-state index contributed by atoms with van der Waals surface area (Å²) in [5.74, 6) is 1.09. The van der Waals surface area contributed by atoms with Gasteiger partial charge in [0.25, 0.3) is 10.1 Å². The summed E-state index contributed by atoms with van der Waals surface area (Å²) in [6.07, 6.45) is 11.6. The number of likely N-dealkylation sites (N-methyl/N-ethyl adjacent to an activating group) is 1. The smallest absolute Gasteiger partial charge is 0.294 e. The molecule has 6 rings (SSSR count). The Kier molecular flexibility index (Phi) is 15.0. The van der Waals surface area contributed by atoms with E-state index < -0.39 is 20.9 Å². The van der Waals surface area contributed by atoms with Gasteiger partial charge in [-0.1, -0.05) is 46.6 Å². The van der Waals surface area contributed by atoms with Crippen LogP contribution in [-0.2, 0) is 49.1 Å². The van der Waals surface area contributed by atoms with Crippen molar-refractivity contribution in [2.45, 2.75) is 86.1 Å². The molecule has 2 atom stereocenters. The van der Waals surface area contributed by atoms with E-state index >= 15 is 0 Å². The van der Waals surface area contributed by atoms with E-state index in [9.17, 15) is 13.0 Å². The van der Waals surface area contributed by atoms with Gasteiger partial charge in [-0.15, -0.1) is 13.0 Å². The third-order valence-electron chi connectivity index (χ3n) is 11.3. The topological polar surface area (TPSA) is 180 Å². The number of hydrogen-bond donors (Lipinski definition) is 4. The molecule has 2 aromatic rings. The highest BCUT2D eigenvalue weighted by Crippen LogP contribution is 2.50. The first kappa shape index (κ1) is 45.3. The van der Waals surface area contributed by atoms with E-state index in [0.717, 1.165) is 105 Å². The Balaban J connectivity index is 1.38. The molecule has 0 aromatic heterocycles. The lowest BCUT2D eigenvalue weighted by Gasteiger charge is -2.34. The molecule has 0 saturated carbocycles. The van der Waals surface area contributed by atoms with Gasteiger partial charge in [0.15, 0.2) is 5.71 Å². The second-order valence-corrected chi connectivity index (χ2v) is 19.3. The maximum absolute atomic E-state index is 12.2. The van der Waals surface area contributed by atoms with E-state index in [0.29, 0.717) is 36.0 Å². The van der Waals surface area contributed by atoms with Gasteiger partial charge in [-0.3, -0.25) is 9.45 Å². The Morgan fingerprint density at radius 1 is 0.879 bits per heavy atom. The average Bonchev–Trinajstić information content (AvgIpc) is 3.69. The first-order valence-corrected chi connectivity index (χ1v) is 22.8. The van der Waals surface area contributed by atoms with Gasteiger partial charge in [-0.25, -0.2) is 15.8 Å². The fraction of sp³-hybridized carbons (Fsp3) is 0.447. The third-order valence-corrected chi connectivity index (χ3v) is 14.4. The number of allylic oxidation sites excluding steroid dienone is 4. The van der Waals surface area contributed by atoms with Crippen molar-refractivity contribution in [3.05, 3.63) is 93.7 Å². The predicted octanol–water partition coefficient (Wildman–Crippen LogP) is 8.79. The molecule has 20 heteroatoms. The zero-order valence-corrected chi connectivity index (χ0v) is 36.5. The number of hydrogen-bond acceptors (Lipinski definition) is 16. The number of halogens is 1. The van der Waals surface area contributed by atoms with Crippen LogP contribution in [0.25, 0.3) is 0 Å². The molecule has 0 amide bonds. The van der Waals surface area contributed by atoms with Gasteiger partial charge < -0.3 is 4.90 Å². The molecule has 1 fully saturated rings. The Labute approximate surface area is 355 Å². The summed E-state index contributed by atoms with van der Waals surface area (Å²) < 4.78 is 50.4. The maximum atomic E-state index is 12.2. The molecule has 4 heterocycles. The van der Waals surface area contributed by atoms with E-state index in [4.69, 9.17) is 31.7 Å². The molecular formula is C38H47ClN3O12S4+. The minimum atomic E-state index is -4.43. The quantitative estimate of drug-likeness (QED) is 0.0262. The Morgan fingerprint density at radius 3 is 2.26 bits per heavy atom. The largest absolute Gasteiger partial charge is 0.344 e. The Bertz CT molecular complexity index is 2130. The molecule has 0 spiro atoms. The predicted molar refractivity (Wildman–Crippen MR) is 223 cm³/mol. The summed E-state index contributed by atoms with van der Waals surface area (Å²) in [6, 6.07) is 10.8. The van der Waals surface area contributed by atoms with Gasteiger partial charge in [-0.2, -0.15) is 13.0 Å². The number of rotatable bonds is 19. The van der Waals surface area contributed by atoms with Crippen LogP contribution in [0.5, 0.6) is 0 Å². The van der Waals surface area contributed by atoms with Crippen molar-refractivity contribution in [3.63, 3.8) is 0 Å². The first-order chi connectivity index (χ1) is 27.7. The number of fused-ring (bicyclic) bond motifs is 4. The molecule has 316 valence electrons. The van der Waals surface area contributed by atoms with Crippen molar-refractivity contribution >= 4 is 74.9 Å². The molecule has 2 unspecified atom stereocenters. The molecule has 58 heavy (non-hydrogen) atoms. The molecule has 4 N–H and O–H groups in total. The highest BCUT2D eigenvalue weighted by Gasteiger charge is 2.46. The van der Waals surface area contributed by atoms with Gasteiger partial charge in [0.1, 0.15) is 6.54 Å². The molecule has 2 aromatic carbocycles. The molecular weight excluding hydrogens is 854 g/mol. The fourth-order valence-electron chi connectivity index (χ4n) is 8.59. The van der Waals surface area contributed by atoms with Gasteiger partial charge >= 0.3 is 0 Å². The highest BCUT2D eigenvalue weighted by molar-refractivity contribution is 7.95. The zero-order chi connectivity index (χ0) is 41.8. The number of anilines is 1. The molecule has 1 saturated heterocycles. The summed E-state index contributed by atoms with van der Waals surface area (Å²) in [5, 5.41) is 37.9. The molecule has 15 nitrogen and oxygen atoms in total. The van der Waals surface area contributed by atoms with Crippen LogP contribution >= 0.6 is 47.7 Å². The van der Waals surface area contributed by atoms with Crippen molar-refractivity contribution in [1.29, 1.82) is 0 Å². The van der Waals surface area contributed by atoms with E-state index in [1.165, 1.54) is 12.1 Å². The molecule has 4 aliphatic heterocycles. The van der Waals surface area contributed by atoms with Crippen LogP contribution < -0.4 is 4.90 Å². The van der Waals surface area contributed by atoms with Crippen LogP contribution in [0.15, 0.2) is 92.4 Å². The SMILES string of the molecule is CN1C2CCC1/C(=C\C=C1\N(CCCSOOO)c3ccc(S(=O)(=O)O)cc3C1(C)C)C(Cl)=C2/C=C/C1=[N+](CCCSOOO)c2ccc(SOOO)cc2C1(C)C. The minimum Gasteiger partial charge on any atom is -0.344 e. The van der Waals surface area contributed by atoms with Crippen LogP contribution in [0, 0.1) is 0 Å². The lowest BCUT2D eigenvalue weighted by atomic mass is 9.81. The number of nitrogens with zero attached hydrogens (tertiary/aromatic N) is 3. The van der Waals surface area contributed by atoms with Gasteiger partial charge in [-0.05, 0) is 99.4 Å². The fourth-order valence-corrected chi connectivity index (χ4v) is 10.6. The third kappa shape index (κ3) is 9.30. The Morgan fingerprint density at radius 2 is 1.57 bits per heavy atom. The van der Waals surface area contributed by atoms with Crippen molar-refractivity contribution in [2.75, 3.05) is 36.5 Å². The molecule has 4 aliphatic rings. The van der Waals surface area contributed by atoms with Gasteiger partial charge in [0, 0.05) is 100 Å². The van der Waals surface area contributed by atoms with Crippen molar-refractivity contribution < 1.29 is 61.4 Å². The molecule has 2 bridgehead atoms. The maximum Gasteiger partial charge on any atom is 0.294 e. The zero-order valence-electron chi connectivity index (χ0n) is 32.5. The van der Waals surface area contributed by atoms with E-state index in [1.54, 1.807) is 6.07 Å². The Hall–Kier alpha value is -2.28. The van der Waals surface area contributed by atoms with Crippen LogP contribution in [0.3, 0.4) is 0 Å². The van der Waals surface area contributed by atoms with E-state index in [2.05, 4.69) is 83.4 Å². The van der Waals surface area contributed by atoms with Crippen LogP contribution in [0.2, 0.25) is 0 Å². The number of benzene rings is 2. The standard InChI is InChI=1S/C38H46ClN3O12S4/c1-37(2)28-22-24(57-54-51-45)8-12-32(28)41(18-6-20-55-52-49-43)34(37)16-10-26-30-14-15-31(40(30)5)27(36(26)39)11-17-35-38(3,4)29-23-25(58(46,47)48)9-13-33(29)42(35)19-7-21-56-53-50-44/h8-13,16-17,22-23,30-31H,6-7,14-15,18-21H2,1-5H3,(H3-,43,44,45,46,47,48)/p+1. The van der Waals surface area contributed by atoms with E-state index in [-0.39, 0.29) is 17.0 Å². The normalized spacial score (nSPS) is 22.7. The lowest BCUT2D eigenvalue weighted by molar-refractivity contribution is -0.438. The first-order valence-electron chi connectivity index (χ1n) is 18.4. The molecule has 0 radical (unpaired) electrons. The highest BCUT2D eigenvalue weighted by atomic mass is 35.5. The van der Waals surface area contributed by atoms with Crippen molar-refractivity contribution in [1.82, 2.24) is 4.90 Å². The van der Waals surface area contributed by atoms with Crippen molar-refractivity contribution in [2.24, 2.45) is 0 Å². The van der Waals surface area contributed by atoms with Gasteiger partial charge in [0.05, 0.1) is 27.4 Å². The molecule has 0 aliphatic carbocycles. The van der Waals surface area contributed by atoms with Crippen LogP contribution in [-0.4, -0.2) is 87.7 Å². The lowest BCUT2D eigenvalue weighted by Crippen LogP contribution is -2.38. The van der Waals surface area contributed by atoms with Crippen LogP contribution in [0.4, 0.5) is 11.4 Å². The van der Waals surface area contributed by atoms with Crippen molar-refractivity contribution in [3.8, 4) is 0 Å². The second kappa shape index (κ2) is 19.2. The monoisotopic (exact) mass is 900 g/mol.